The van der Waals surface area contributed by atoms with Crippen molar-refractivity contribution in [3.63, 3.8) is 0 Å². The molecule has 1 unspecified atom stereocenters. The maximum atomic E-state index is 11.7. The molecule has 0 aliphatic rings. The topological polar surface area (TPSA) is 99.1 Å². The predicted molar refractivity (Wildman–Crippen MR) is 133 cm³/mol. The zero-order chi connectivity index (χ0) is 23.3. The largest absolute Gasteiger partial charge is 0.469 e. The lowest BCUT2D eigenvalue weighted by Crippen LogP contribution is -2.35. The molecule has 0 aromatic rings. The van der Waals surface area contributed by atoms with E-state index in [1.807, 2.05) is 26.0 Å². The van der Waals surface area contributed by atoms with E-state index < -0.39 is 13.9 Å². The highest BCUT2D eigenvalue weighted by Gasteiger charge is 2.16. The molecule has 7 nitrogen and oxygen atoms in total. The normalized spacial score (nSPS) is 12.0. The van der Waals surface area contributed by atoms with E-state index in [0.29, 0.717) is 6.42 Å². The molecule has 0 aromatic carbocycles. The molecular formula is C22H50ClN2O5P. The van der Waals surface area contributed by atoms with Crippen LogP contribution in [-0.2, 0) is 13.9 Å². The minimum absolute atomic E-state index is 0. The third-order valence-electron chi connectivity index (χ3n) is 4.41. The van der Waals surface area contributed by atoms with Crippen molar-refractivity contribution in [2.75, 3.05) is 27.7 Å². The number of amides is 1. The van der Waals surface area contributed by atoms with Crippen LogP contribution in [0.15, 0.2) is 0 Å². The molecule has 1 amide bonds. The van der Waals surface area contributed by atoms with Crippen molar-refractivity contribution in [2.24, 2.45) is 0 Å². The summed E-state index contributed by atoms with van der Waals surface area (Å²) in [6.07, 6.45) is 17.0. The highest BCUT2D eigenvalue weighted by atomic mass is 35.5. The van der Waals surface area contributed by atoms with Crippen LogP contribution in [0.2, 0.25) is 0 Å². The first-order chi connectivity index (χ1) is 14.1. The second-order valence-corrected chi connectivity index (χ2v) is 9.83. The maximum Gasteiger partial charge on any atom is 0.469 e. The number of halogens is 1. The molecule has 0 aromatic heterocycles. The molecule has 0 saturated carbocycles. The van der Waals surface area contributed by atoms with E-state index in [2.05, 4.69) is 16.8 Å². The van der Waals surface area contributed by atoms with Crippen molar-refractivity contribution < 1.29 is 23.7 Å². The average Bonchev–Trinajstić information content (AvgIpc) is 2.63. The molecule has 0 aliphatic heterocycles. The molecule has 0 radical (unpaired) electrons. The molecule has 31 heavy (non-hydrogen) atoms. The van der Waals surface area contributed by atoms with Crippen molar-refractivity contribution in [3.8, 4) is 0 Å². The first-order valence-corrected chi connectivity index (χ1v) is 13.2. The quantitative estimate of drug-likeness (QED) is 0.169. The Morgan fingerprint density at radius 1 is 0.871 bits per heavy atom. The van der Waals surface area contributed by atoms with Crippen LogP contribution in [0.1, 0.15) is 104 Å². The number of unbranched alkanes of at least 4 members (excludes halogenated alkanes) is 12. The summed E-state index contributed by atoms with van der Waals surface area (Å²) in [7, 11) is 1.53. The van der Waals surface area contributed by atoms with Crippen LogP contribution in [-0.4, -0.2) is 54.4 Å². The van der Waals surface area contributed by atoms with E-state index in [4.69, 9.17) is 9.79 Å². The van der Waals surface area contributed by atoms with Gasteiger partial charge in [0.15, 0.2) is 0 Å². The van der Waals surface area contributed by atoms with Crippen molar-refractivity contribution in [1.29, 1.82) is 0 Å². The summed E-state index contributed by atoms with van der Waals surface area (Å²) >= 11 is 0. The second-order valence-electron chi connectivity index (χ2n) is 8.59. The summed E-state index contributed by atoms with van der Waals surface area (Å²) in [5.41, 5.74) is 0. The predicted octanol–water partition coefficient (Wildman–Crippen LogP) is 5.68. The van der Waals surface area contributed by atoms with Gasteiger partial charge in [-0.25, -0.2) is 4.57 Å². The molecule has 3 N–H and O–H groups in total. The zero-order valence-electron chi connectivity index (χ0n) is 20.6. The summed E-state index contributed by atoms with van der Waals surface area (Å²) in [4.78, 5) is 30.9. The fourth-order valence-corrected chi connectivity index (χ4v) is 3.32. The highest BCUT2D eigenvalue weighted by molar-refractivity contribution is 7.46. The van der Waals surface area contributed by atoms with Gasteiger partial charge in [0, 0.05) is 12.5 Å². The van der Waals surface area contributed by atoms with Crippen LogP contribution >= 0.6 is 20.2 Å². The Morgan fingerprint density at radius 2 is 1.23 bits per heavy atom. The van der Waals surface area contributed by atoms with E-state index in [1.165, 1.54) is 70.6 Å². The SMILES string of the molecule is CCCCCCCCCCCCCCCC(=O)NC(C)COP(=O)(O)O.CN(C)C.Cl. The summed E-state index contributed by atoms with van der Waals surface area (Å²) in [5, 5.41) is 2.69. The lowest BCUT2D eigenvalue weighted by atomic mass is 10.0. The number of nitrogens with zero attached hydrogens (tertiary/aromatic N) is 1. The standard InChI is InChI=1S/C19H40NO5P.C3H9N.ClH/c1-3-4-5-6-7-8-9-10-11-12-13-14-15-16-19(21)20-18(2)17-25-26(22,23)24;1-4(2)3;/h18H,3-17H2,1-2H3,(H,20,21)(H2,22,23,24);1-3H3;1H. The molecule has 0 fully saturated rings. The Morgan fingerprint density at radius 3 is 1.58 bits per heavy atom. The van der Waals surface area contributed by atoms with Gasteiger partial charge in [0.1, 0.15) is 0 Å². The average molecular weight is 489 g/mol. The van der Waals surface area contributed by atoms with Gasteiger partial charge >= 0.3 is 7.82 Å². The lowest BCUT2D eigenvalue weighted by molar-refractivity contribution is -0.122. The van der Waals surface area contributed by atoms with Crippen molar-refractivity contribution in [1.82, 2.24) is 10.2 Å². The van der Waals surface area contributed by atoms with Gasteiger partial charge in [-0.05, 0) is 34.5 Å². The van der Waals surface area contributed by atoms with Crippen LogP contribution < -0.4 is 5.32 Å². The number of phosphoric acid groups is 1. The zero-order valence-corrected chi connectivity index (χ0v) is 22.3. The Balaban J connectivity index is -0.00000143. The summed E-state index contributed by atoms with van der Waals surface area (Å²) in [6.45, 7) is 3.73. The molecule has 1 atom stereocenters. The molecular weight excluding hydrogens is 439 g/mol. The fourth-order valence-electron chi connectivity index (χ4n) is 2.90. The highest BCUT2D eigenvalue weighted by Crippen LogP contribution is 2.35. The van der Waals surface area contributed by atoms with Gasteiger partial charge in [0.25, 0.3) is 0 Å². The maximum absolute atomic E-state index is 11.7. The number of hydrogen-bond acceptors (Lipinski definition) is 4. The smallest absolute Gasteiger partial charge is 0.351 e. The molecule has 0 rings (SSSR count). The molecule has 190 valence electrons. The minimum atomic E-state index is -4.47. The fraction of sp³-hybridized carbons (Fsp3) is 0.955. The third-order valence-corrected chi connectivity index (χ3v) is 4.89. The number of hydrogen-bond donors (Lipinski definition) is 3. The molecule has 0 spiro atoms. The first-order valence-electron chi connectivity index (χ1n) is 11.7. The van der Waals surface area contributed by atoms with Crippen molar-refractivity contribution in [2.45, 2.75) is 110 Å². The number of nitrogens with one attached hydrogen (secondary N) is 1. The molecule has 0 bridgehead atoms. The summed E-state index contributed by atoms with van der Waals surface area (Å²) in [6, 6.07) is -0.405. The molecule has 9 heteroatoms. The van der Waals surface area contributed by atoms with Crippen molar-refractivity contribution in [3.05, 3.63) is 0 Å². The van der Waals surface area contributed by atoms with Crippen molar-refractivity contribution >= 4 is 26.1 Å². The van der Waals surface area contributed by atoms with Gasteiger partial charge in [0.05, 0.1) is 6.61 Å². The molecule has 0 heterocycles. The van der Waals surface area contributed by atoms with Crippen LogP contribution in [0.4, 0.5) is 0 Å². The van der Waals surface area contributed by atoms with E-state index in [0.717, 1.165) is 12.8 Å². The Labute approximate surface area is 197 Å². The van der Waals surface area contributed by atoms with Crippen LogP contribution in [0.3, 0.4) is 0 Å². The van der Waals surface area contributed by atoms with Crippen LogP contribution in [0, 0.1) is 0 Å². The Bertz CT molecular complexity index is 433. The Hall–Kier alpha value is -0.170. The van der Waals surface area contributed by atoms with Gasteiger partial charge in [-0.15, -0.1) is 12.4 Å². The van der Waals surface area contributed by atoms with Gasteiger partial charge < -0.3 is 20.0 Å². The number of rotatable bonds is 18. The van der Waals surface area contributed by atoms with Gasteiger partial charge in [0.2, 0.25) is 5.91 Å². The third kappa shape index (κ3) is 37.5. The van der Waals surface area contributed by atoms with E-state index in [-0.39, 0.29) is 24.9 Å². The lowest BCUT2D eigenvalue weighted by Gasteiger charge is -2.14. The van der Waals surface area contributed by atoms with Gasteiger partial charge in [-0.2, -0.15) is 0 Å². The summed E-state index contributed by atoms with van der Waals surface area (Å²) < 4.78 is 15.0. The van der Waals surface area contributed by atoms with Crippen LogP contribution in [0.5, 0.6) is 0 Å². The first kappa shape index (κ1) is 35.4. The monoisotopic (exact) mass is 488 g/mol. The number of phosphoric ester groups is 1. The minimum Gasteiger partial charge on any atom is -0.351 e. The van der Waals surface area contributed by atoms with E-state index >= 15 is 0 Å². The van der Waals surface area contributed by atoms with Gasteiger partial charge in [-0.3, -0.25) is 9.32 Å². The van der Waals surface area contributed by atoms with Crippen LogP contribution in [0.25, 0.3) is 0 Å². The number of carbonyl (C=O) groups is 1. The number of carbonyl (C=O) groups excluding carboxylic acids is 1. The van der Waals surface area contributed by atoms with E-state index in [9.17, 15) is 9.36 Å². The van der Waals surface area contributed by atoms with Gasteiger partial charge in [-0.1, -0.05) is 84.0 Å². The Kier molecular flexibility index (Phi) is 28.0. The van der Waals surface area contributed by atoms with E-state index in [1.54, 1.807) is 6.92 Å². The molecule has 0 saturated heterocycles. The second kappa shape index (κ2) is 24.5. The summed E-state index contributed by atoms with van der Waals surface area (Å²) in [5.74, 6) is -0.0881. The molecule has 0 aliphatic carbocycles.